The van der Waals surface area contributed by atoms with E-state index in [0.29, 0.717) is 62.3 Å². The fourth-order valence-electron chi connectivity index (χ4n) is 7.45. The molecule has 2 aliphatic carbocycles. The van der Waals surface area contributed by atoms with Crippen LogP contribution in [0.15, 0.2) is 132 Å². The Labute approximate surface area is 347 Å². The third-order valence-corrected chi connectivity index (χ3v) is 13.9. The maximum Gasteiger partial charge on any atom is 0.367 e. The summed E-state index contributed by atoms with van der Waals surface area (Å²) in [6.07, 6.45) is 3.04. The fraction of sp³-hybridized carbons (Fsp3) is 0.0638. The molecule has 4 aromatic carbocycles. The Hall–Kier alpha value is -6.86. The summed E-state index contributed by atoms with van der Waals surface area (Å²) in [6, 6.07) is 34.7. The number of ketones is 4. The second-order valence-electron chi connectivity index (χ2n) is 13.9. The molecule has 0 fully saturated rings. The van der Waals surface area contributed by atoms with E-state index in [-0.39, 0.29) is 47.2 Å². The highest BCUT2D eigenvalue weighted by Crippen LogP contribution is 2.58. The highest BCUT2D eigenvalue weighted by atomic mass is 32.1. The first-order valence-electron chi connectivity index (χ1n) is 18.3. The van der Waals surface area contributed by atoms with Gasteiger partial charge in [-0.15, -0.1) is 34.0 Å². The topological polar surface area (TPSA) is 130 Å². The third-order valence-electron chi connectivity index (χ3n) is 10.3. The molecule has 7 aromatic rings. The molecular formula is C47H26O9S3. The molecule has 3 aromatic heterocycles. The molecule has 10 rings (SSSR count). The van der Waals surface area contributed by atoms with Crippen molar-refractivity contribution >= 4 is 90.6 Å². The second-order valence-corrected chi connectivity index (χ2v) is 17.1. The summed E-state index contributed by atoms with van der Waals surface area (Å²) < 4.78 is 19.8. The number of hydrogen-bond donors (Lipinski definition) is 0. The molecule has 0 spiro atoms. The van der Waals surface area contributed by atoms with Gasteiger partial charge in [0.25, 0.3) is 0 Å². The van der Waals surface area contributed by atoms with Crippen LogP contribution in [0, 0.1) is 0 Å². The number of thiophene rings is 3. The van der Waals surface area contributed by atoms with Gasteiger partial charge in [0.05, 0.1) is 30.3 Å². The lowest BCUT2D eigenvalue weighted by molar-refractivity contribution is -0.183. The monoisotopic (exact) mass is 830 g/mol. The number of allylic oxidation sites excluding steroid dienone is 2. The van der Waals surface area contributed by atoms with Gasteiger partial charge in [-0.3, -0.25) is 19.2 Å². The molecule has 9 nitrogen and oxygen atoms in total. The van der Waals surface area contributed by atoms with Crippen molar-refractivity contribution in [2.75, 3.05) is 0 Å². The number of carbonyl (C=O) groups excluding carboxylic acids is 6. The third kappa shape index (κ3) is 5.94. The van der Waals surface area contributed by atoms with Gasteiger partial charge < -0.3 is 14.2 Å². The average molecular weight is 831 g/mol. The number of rotatable bonds is 8. The van der Waals surface area contributed by atoms with E-state index in [1.165, 1.54) is 40.1 Å². The minimum absolute atomic E-state index is 0.0367. The van der Waals surface area contributed by atoms with Crippen molar-refractivity contribution < 1.29 is 43.0 Å². The smallest absolute Gasteiger partial charge is 0.367 e. The van der Waals surface area contributed by atoms with Crippen molar-refractivity contribution in [3.05, 3.63) is 181 Å². The van der Waals surface area contributed by atoms with E-state index in [0.717, 1.165) is 0 Å². The number of carbonyl (C=O) groups is 6. The van der Waals surface area contributed by atoms with Crippen molar-refractivity contribution in [3.63, 3.8) is 0 Å². The van der Waals surface area contributed by atoms with Crippen molar-refractivity contribution in [2.45, 2.75) is 18.8 Å². The normalized spacial score (nSPS) is 14.7. The first kappa shape index (κ1) is 36.5. The summed E-state index contributed by atoms with van der Waals surface area (Å²) >= 11 is 3.77. The predicted molar refractivity (Wildman–Crippen MR) is 224 cm³/mol. The Morgan fingerprint density at radius 1 is 0.542 bits per heavy atom. The van der Waals surface area contributed by atoms with Gasteiger partial charge in [-0.1, -0.05) is 109 Å². The van der Waals surface area contributed by atoms with E-state index >= 15 is 0 Å². The summed E-state index contributed by atoms with van der Waals surface area (Å²) in [6.45, 7) is -0.358. The summed E-state index contributed by atoms with van der Waals surface area (Å²) in [5.74, 6) is -3.42. The number of Topliss-reactive ketones (excluding diaryl/α,β-unsaturated/α-hetero) is 4. The lowest BCUT2D eigenvalue weighted by Crippen LogP contribution is -2.52. The molecule has 0 bridgehead atoms. The molecule has 1 aliphatic heterocycles. The minimum atomic E-state index is -2.48. The standard InChI is InChI=1S/C47H26O9S3/c48-37-29-15-7-8-16-30(29)38(49)33(37)19-27-21-35-42(57-27)44-41(43-36(59-44)22-28(58-43)20-34-39(50)31-17-9-10-18-32(31)40(34)51)56-47(35,45(52)54-23-25-11-3-1-4-12-25)46(53)55-24-26-13-5-2-6-14-26/h1-22H,23-24H2. The van der Waals surface area contributed by atoms with Crippen LogP contribution in [0.25, 0.3) is 31.3 Å². The van der Waals surface area contributed by atoms with E-state index in [9.17, 15) is 28.8 Å². The lowest BCUT2D eigenvalue weighted by atomic mass is 9.90. The van der Waals surface area contributed by atoms with Gasteiger partial charge in [-0.2, -0.15) is 0 Å². The molecule has 3 aliphatic rings. The zero-order valence-electron chi connectivity index (χ0n) is 30.5. The number of esters is 2. The number of ether oxygens (including phenoxy) is 3. The number of benzene rings is 4. The molecule has 0 amide bonds. The van der Waals surface area contributed by atoms with Crippen LogP contribution in [0.3, 0.4) is 0 Å². The molecule has 0 unspecified atom stereocenters. The van der Waals surface area contributed by atoms with Crippen LogP contribution < -0.4 is 4.74 Å². The van der Waals surface area contributed by atoms with Crippen LogP contribution in [-0.4, -0.2) is 35.1 Å². The van der Waals surface area contributed by atoms with Crippen LogP contribution in [0.1, 0.15) is 67.9 Å². The summed E-state index contributed by atoms with van der Waals surface area (Å²) in [5, 5.41) is 0. The van der Waals surface area contributed by atoms with Gasteiger partial charge in [0, 0.05) is 37.6 Å². The Morgan fingerprint density at radius 2 is 0.983 bits per heavy atom. The zero-order chi connectivity index (χ0) is 40.4. The van der Waals surface area contributed by atoms with Crippen LogP contribution in [-0.2, 0) is 37.9 Å². The van der Waals surface area contributed by atoms with Crippen LogP contribution in [0.2, 0.25) is 0 Å². The van der Waals surface area contributed by atoms with E-state index in [4.69, 9.17) is 14.2 Å². The van der Waals surface area contributed by atoms with Crippen molar-refractivity contribution in [1.82, 2.24) is 0 Å². The molecule has 0 radical (unpaired) electrons. The summed E-state index contributed by atoms with van der Waals surface area (Å²) in [5.41, 5.74) is 0.282. The minimum Gasteiger partial charge on any atom is -0.457 e. The predicted octanol–water partition coefficient (Wildman–Crippen LogP) is 9.69. The Kier molecular flexibility index (Phi) is 8.78. The van der Waals surface area contributed by atoms with Crippen molar-refractivity contribution in [1.29, 1.82) is 0 Å². The van der Waals surface area contributed by atoms with Gasteiger partial charge in [0.15, 0.2) is 28.9 Å². The molecule has 286 valence electrons. The molecule has 0 saturated heterocycles. The summed E-state index contributed by atoms with van der Waals surface area (Å²) in [7, 11) is 0. The first-order chi connectivity index (χ1) is 28.7. The van der Waals surface area contributed by atoms with E-state index in [2.05, 4.69) is 0 Å². The average Bonchev–Trinajstić information content (AvgIpc) is 4.06. The van der Waals surface area contributed by atoms with Gasteiger partial charge in [-0.05, 0) is 35.4 Å². The second kappa shape index (κ2) is 14.2. The molecular weight excluding hydrogens is 805 g/mol. The van der Waals surface area contributed by atoms with Gasteiger partial charge >= 0.3 is 17.5 Å². The molecule has 4 heterocycles. The fourth-order valence-corrected chi connectivity index (χ4v) is 11.2. The quantitative estimate of drug-likeness (QED) is 0.0636. The Balaban J connectivity index is 1.12. The van der Waals surface area contributed by atoms with E-state index in [1.54, 1.807) is 109 Å². The highest BCUT2D eigenvalue weighted by molar-refractivity contribution is 7.32. The van der Waals surface area contributed by atoms with Crippen molar-refractivity contribution in [3.8, 4) is 15.5 Å². The van der Waals surface area contributed by atoms with Gasteiger partial charge in [0.1, 0.15) is 13.2 Å². The maximum atomic E-state index is 14.8. The molecule has 12 heteroatoms. The maximum absolute atomic E-state index is 14.8. The number of hydrogen-bond acceptors (Lipinski definition) is 12. The SMILES string of the molecule is O=C1C(=Cc2cc3c(s2)-c2sc4cc(C=C5C(=O)c6ccccc6C5=O)sc4c2OC3(C(=O)OCc2ccccc2)C(=O)OCc2ccccc2)C(=O)c2ccccc21. The lowest BCUT2D eigenvalue weighted by Gasteiger charge is -2.33. The number of fused-ring (bicyclic) bond motifs is 7. The Morgan fingerprint density at radius 3 is 1.46 bits per heavy atom. The van der Waals surface area contributed by atoms with Crippen molar-refractivity contribution in [2.24, 2.45) is 0 Å². The Bertz CT molecular complexity index is 2910. The van der Waals surface area contributed by atoms with E-state index < -0.39 is 29.1 Å². The molecule has 0 saturated carbocycles. The summed E-state index contributed by atoms with van der Waals surface area (Å²) in [4.78, 5) is 85.1. The van der Waals surface area contributed by atoms with Crippen LogP contribution in [0.4, 0.5) is 0 Å². The largest absolute Gasteiger partial charge is 0.457 e. The first-order valence-corrected chi connectivity index (χ1v) is 20.8. The van der Waals surface area contributed by atoms with E-state index in [1.807, 2.05) is 18.2 Å². The van der Waals surface area contributed by atoms with Crippen LogP contribution in [0.5, 0.6) is 5.75 Å². The highest BCUT2D eigenvalue weighted by Gasteiger charge is 2.59. The zero-order valence-corrected chi connectivity index (χ0v) is 33.0. The molecule has 0 N–H and O–H groups in total. The molecule has 59 heavy (non-hydrogen) atoms. The van der Waals surface area contributed by atoms with Gasteiger partial charge in [-0.25, -0.2) is 9.59 Å². The van der Waals surface area contributed by atoms with Crippen LogP contribution >= 0.6 is 34.0 Å². The molecule has 0 atom stereocenters. The van der Waals surface area contributed by atoms with Gasteiger partial charge in [0.2, 0.25) is 0 Å².